The first-order chi connectivity index (χ1) is 14.2. The second-order valence-electron chi connectivity index (χ2n) is 6.99. The third-order valence-corrected chi connectivity index (χ3v) is 5.49. The summed E-state index contributed by atoms with van der Waals surface area (Å²) in [6, 6.07) is 19.0. The minimum absolute atomic E-state index is 0.0815. The highest BCUT2D eigenvalue weighted by molar-refractivity contribution is 7.71. The lowest BCUT2D eigenvalue weighted by Gasteiger charge is -2.26. The Morgan fingerprint density at radius 3 is 2.59 bits per heavy atom. The van der Waals surface area contributed by atoms with Crippen LogP contribution in [-0.2, 0) is 20.9 Å². The first-order valence-corrected chi connectivity index (χ1v) is 9.85. The van der Waals surface area contributed by atoms with Gasteiger partial charge < -0.3 is 14.2 Å². The average Bonchev–Trinajstić information content (AvgIpc) is 3.33. The van der Waals surface area contributed by atoms with Crippen LogP contribution in [0, 0.1) is 4.77 Å². The van der Waals surface area contributed by atoms with Gasteiger partial charge in [-0.1, -0.05) is 36.4 Å². The van der Waals surface area contributed by atoms with Crippen LogP contribution in [0.25, 0.3) is 5.69 Å². The molecule has 1 aromatic heterocycles. The molecule has 148 valence electrons. The molecule has 2 saturated heterocycles. The molecule has 29 heavy (non-hydrogen) atoms. The number of hydrogen-bond donors (Lipinski definition) is 0. The maximum Gasteiger partial charge on any atom is 0.218 e. The quantitative estimate of drug-likeness (QED) is 0.603. The Balaban J connectivity index is 1.53. The van der Waals surface area contributed by atoms with Gasteiger partial charge in [0.2, 0.25) is 11.1 Å². The maximum absolute atomic E-state index is 12.3. The number of para-hydroxylation sites is 2. The van der Waals surface area contributed by atoms with Crippen LogP contribution in [-0.4, -0.2) is 39.1 Å². The van der Waals surface area contributed by atoms with Gasteiger partial charge in [0.15, 0.2) is 11.6 Å². The van der Waals surface area contributed by atoms with Gasteiger partial charge in [-0.25, -0.2) is 4.68 Å². The molecule has 8 heteroatoms. The minimum Gasteiger partial charge on any atom is -0.486 e. The number of hydrogen-bond acceptors (Lipinski definition) is 6. The van der Waals surface area contributed by atoms with Crippen molar-refractivity contribution in [2.45, 2.75) is 31.5 Å². The van der Waals surface area contributed by atoms with Gasteiger partial charge in [-0.3, -0.25) is 9.36 Å². The number of carbonyl (C=O) groups is 1. The van der Waals surface area contributed by atoms with Crippen molar-refractivity contribution >= 4 is 18.0 Å². The van der Waals surface area contributed by atoms with Crippen LogP contribution in [0.5, 0.6) is 5.75 Å². The molecule has 0 aliphatic carbocycles. The van der Waals surface area contributed by atoms with E-state index in [1.54, 1.807) is 4.68 Å². The van der Waals surface area contributed by atoms with Crippen molar-refractivity contribution < 1.29 is 19.0 Å². The van der Waals surface area contributed by atoms with Crippen molar-refractivity contribution in [3.8, 4) is 11.4 Å². The average molecular weight is 409 g/mol. The van der Waals surface area contributed by atoms with Gasteiger partial charge >= 0.3 is 0 Å². The number of aromatic nitrogens is 3. The van der Waals surface area contributed by atoms with E-state index in [4.69, 9.17) is 31.5 Å². The van der Waals surface area contributed by atoms with E-state index >= 15 is 0 Å². The van der Waals surface area contributed by atoms with Gasteiger partial charge in [-0.05, 0) is 36.5 Å². The Kier molecular flexibility index (Phi) is 4.75. The van der Waals surface area contributed by atoms with Crippen molar-refractivity contribution in [2.24, 2.45) is 0 Å². The van der Waals surface area contributed by atoms with E-state index < -0.39 is 6.29 Å². The fraction of sp³-hybridized carbons (Fsp3) is 0.286. The molecule has 0 spiro atoms. The van der Waals surface area contributed by atoms with Gasteiger partial charge in [0.25, 0.3) is 0 Å². The van der Waals surface area contributed by atoms with E-state index in [9.17, 15) is 4.79 Å². The summed E-state index contributed by atoms with van der Waals surface area (Å²) in [5, 5.41) is 4.74. The highest BCUT2D eigenvalue weighted by atomic mass is 32.1. The van der Waals surface area contributed by atoms with Gasteiger partial charge in [-0.15, -0.1) is 0 Å². The molecule has 0 radical (unpaired) electrons. The molecule has 0 unspecified atom stereocenters. The topological polar surface area (TPSA) is 67.5 Å². The molecular formula is C21H19N3O4S. The van der Waals surface area contributed by atoms with E-state index in [2.05, 4.69) is 0 Å². The Bertz CT molecular complexity index is 1080. The van der Waals surface area contributed by atoms with Crippen molar-refractivity contribution in [3.05, 3.63) is 71.3 Å². The number of carbonyl (C=O) groups excluding carboxylic acids is 1. The first kappa shape index (κ1) is 18.2. The van der Waals surface area contributed by atoms with E-state index in [0.717, 1.165) is 11.4 Å². The molecular weight excluding hydrogens is 390 g/mol. The minimum atomic E-state index is -0.748. The van der Waals surface area contributed by atoms with Gasteiger partial charge in [-0.2, -0.15) is 5.10 Å². The number of Topliss-reactive ketones (excluding diaryl/α,β-unsaturated/α-hetero) is 1. The predicted molar refractivity (Wildman–Crippen MR) is 106 cm³/mol. The summed E-state index contributed by atoms with van der Waals surface area (Å²) in [5.41, 5.74) is 0.888. The summed E-state index contributed by atoms with van der Waals surface area (Å²) in [5.74, 6) is 1.32. The highest BCUT2D eigenvalue weighted by Gasteiger charge is 2.45. The third kappa shape index (κ3) is 3.39. The highest BCUT2D eigenvalue weighted by Crippen LogP contribution is 2.33. The molecule has 3 heterocycles. The molecule has 2 fully saturated rings. The summed E-state index contributed by atoms with van der Waals surface area (Å²) in [7, 11) is 0. The SMILES string of the molecule is O=C1C[C@H](n2nc(COc3ccccc3)n(-c3ccccc3)c2=S)[C@H]2CO[C@@H]1O2. The van der Waals surface area contributed by atoms with Crippen LogP contribution >= 0.6 is 12.2 Å². The van der Waals surface area contributed by atoms with Crippen LogP contribution in [0.1, 0.15) is 18.3 Å². The van der Waals surface area contributed by atoms with Crippen molar-refractivity contribution in [1.29, 1.82) is 0 Å². The van der Waals surface area contributed by atoms with Gasteiger partial charge in [0, 0.05) is 12.1 Å². The lowest BCUT2D eigenvalue weighted by Crippen LogP contribution is -2.37. The van der Waals surface area contributed by atoms with Crippen molar-refractivity contribution in [3.63, 3.8) is 0 Å². The lowest BCUT2D eigenvalue weighted by molar-refractivity contribution is -0.156. The molecule has 2 aliphatic heterocycles. The number of nitrogens with zero attached hydrogens (tertiary/aromatic N) is 3. The standard InChI is InChI=1S/C21H19N3O4S/c25-17-11-16(18-12-27-20(17)28-18)24-21(29)23(14-7-3-1-4-8-14)19(22-24)13-26-15-9-5-2-6-10-15/h1-10,16,18,20H,11-13H2/t16-,18+,20+/m0/s1. The van der Waals surface area contributed by atoms with Crippen LogP contribution in [0.4, 0.5) is 0 Å². The third-order valence-electron chi connectivity index (χ3n) is 5.12. The molecule has 7 nitrogen and oxygen atoms in total. The first-order valence-electron chi connectivity index (χ1n) is 9.44. The maximum atomic E-state index is 12.3. The Labute approximate surface area is 172 Å². The smallest absolute Gasteiger partial charge is 0.218 e. The molecule has 3 aromatic rings. The number of fused-ring (bicyclic) bond motifs is 2. The number of rotatable bonds is 5. The zero-order valence-corrected chi connectivity index (χ0v) is 16.3. The fourth-order valence-corrected chi connectivity index (χ4v) is 4.09. The van der Waals surface area contributed by atoms with E-state index in [-0.39, 0.29) is 31.0 Å². The van der Waals surface area contributed by atoms with Gasteiger partial charge in [0.1, 0.15) is 18.5 Å². The monoisotopic (exact) mass is 409 g/mol. The van der Waals surface area contributed by atoms with E-state index in [1.807, 2.05) is 65.2 Å². The van der Waals surface area contributed by atoms with Crippen LogP contribution in [0.15, 0.2) is 60.7 Å². The Hall–Kier alpha value is -2.81. The molecule has 2 aromatic carbocycles. The molecule has 0 saturated carbocycles. The fourth-order valence-electron chi connectivity index (χ4n) is 3.70. The number of ketones is 1. The van der Waals surface area contributed by atoms with Gasteiger partial charge in [0.05, 0.1) is 12.6 Å². The largest absolute Gasteiger partial charge is 0.486 e. The van der Waals surface area contributed by atoms with Crippen LogP contribution in [0.3, 0.4) is 0 Å². The lowest BCUT2D eigenvalue weighted by atomic mass is 10.0. The Morgan fingerprint density at radius 1 is 1.10 bits per heavy atom. The van der Waals surface area contributed by atoms with E-state index in [0.29, 0.717) is 17.2 Å². The predicted octanol–water partition coefficient (Wildman–Crippen LogP) is 3.24. The summed E-state index contributed by atoms with van der Waals surface area (Å²) in [6.45, 7) is 0.595. The van der Waals surface area contributed by atoms with E-state index in [1.165, 1.54) is 0 Å². The molecule has 0 amide bonds. The molecule has 5 rings (SSSR count). The Morgan fingerprint density at radius 2 is 1.83 bits per heavy atom. The van der Waals surface area contributed by atoms with Crippen molar-refractivity contribution in [2.75, 3.05) is 6.61 Å². The second-order valence-corrected chi connectivity index (χ2v) is 7.36. The van der Waals surface area contributed by atoms with Crippen LogP contribution < -0.4 is 4.74 Å². The second kappa shape index (κ2) is 7.55. The summed E-state index contributed by atoms with van der Waals surface area (Å²) in [4.78, 5) is 12.3. The summed E-state index contributed by atoms with van der Waals surface area (Å²) < 4.78 is 21.1. The summed E-state index contributed by atoms with van der Waals surface area (Å²) in [6.07, 6.45) is -0.706. The molecule has 2 bridgehead atoms. The number of ether oxygens (including phenoxy) is 3. The normalized spacial score (nSPS) is 23.3. The molecule has 3 atom stereocenters. The van der Waals surface area contributed by atoms with Crippen LogP contribution in [0.2, 0.25) is 0 Å². The van der Waals surface area contributed by atoms with Crippen molar-refractivity contribution in [1.82, 2.24) is 14.3 Å². The zero-order valence-electron chi connectivity index (χ0n) is 15.5. The molecule has 2 aliphatic rings. The zero-order chi connectivity index (χ0) is 19.8. The summed E-state index contributed by atoms with van der Waals surface area (Å²) >= 11 is 5.76. The number of benzene rings is 2. The molecule has 0 N–H and O–H groups in total.